The fourth-order valence-electron chi connectivity index (χ4n) is 1.56. The predicted octanol–water partition coefficient (Wildman–Crippen LogP) is 2.74. The van der Waals surface area contributed by atoms with Gasteiger partial charge in [-0.25, -0.2) is 13.9 Å². The number of hydrogen-bond donors (Lipinski definition) is 2. The Kier molecular flexibility index (Phi) is 5.43. The number of halogens is 1. The quantitative estimate of drug-likeness (QED) is 0.755. The molecule has 0 bridgehead atoms. The molecule has 1 heterocycles. The average molecular weight is 327 g/mol. The highest BCUT2D eigenvalue weighted by Gasteiger charge is 2.22. The molecule has 118 valence electrons. The Balaban J connectivity index is 2.08. The van der Waals surface area contributed by atoms with E-state index in [-0.39, 0.29) is 19.2 Å². The fourth-order valence-corrected chi connectivity index (χ4v) is 2.40. The Bertz CT molecular complexity index is 672. The molecule has 9 heteroatoms. The fraction of sp³-hybridized carbons (Fsp3) is 0.231. The number of benzene rings is 1. The molecule has 0 radical (unpaired) electrons. The first-order valence-electron chi connectivity index (χ1n) is 6.45. The first-order valence-corrected chi connectivity index (χ1v) is 8.03. The van der Waals surface area contributed by atoms with Gasteiger partial charge in [0.15, 0.2) is 11.6 Å². The molecule has 0 aliphatic rings. The topological polar surface area (TPSA) is 93.6 Å². The first kappa shape index (κ1) is 16.4. The highest BCUT2D eigenvalue weighted by Crippen LogP contribution is 2.41. The van der Waals surface area contributed by atoms with Crippen LogP contribution in [0.1, 0.15) is 12.5 Å². The monoisotopic (exact) mass is 327 g/mol. The van der Waals surface area contributed by atoms with Crippen molar-refractivity contribution in [1.29, 1.82) is 0 Å². The predicted molar refractivity (Wildman–Crippen MR) is 77.8 cm³/mol. The highest BCUT2D eigenvalue weighted by atomic mass is 31.2. The molecule has 0 saturated carbocycles. The van der Waals surface area contributed by atoms with Crippen molar-refractivity contribution in [1.82, 2.24) is 9.97 Å². The molecular weight excluding hydrogens is 312 g/mol. The van der Waals surface area contributed by atoms with Gasteiger partial charge in [-0.05, 0) is 12.5 Å². The Labute approximate surface area is 126 Å². The summed E-state index contributed by atoms with van der Waals surface area (Å²) in [6, 6.07) is 9.14. The number of nitrogens with one attached hydrogen (secondary N) is 1. The Morgan fingerprint density at radius 2 is 2.09 bits per heavy atom. The van der Waals surface area contributed by atoms with Crippen molar-refractivity contribution < 1.29 is 23.1 Å². The van der Waals surface area contributed by atoms with Crippen molar-refractivity contribution in [3.8, 4) is 6.01 Å². The van der Waals surface area contributed by atoms with Gasteiger partial charge in [0.2, 0.25) is 0 Å². The van der Waals surface area contributed by atoms with Crippen LogP contribution in [0.25, 0.3) is 0 Å². The van der Waals surface area contributed by atoms with E-state index in [9.17, 15) is 13.8 Å². The summed E-state index contributed by atoms with van der Waals surface area (Å²) in [6.45, 7) is 1.72. The van der Waals surface area contributed by atoms with Gasteiger partial charge in [-0.2, -0.15) is 4.98 Å². The minimum Gasteiger partial charge on any atom is -0.459 e. The SMILES string of the molecule is CCOP(=O)(O)Nc1nc(OCc2ccccc2)ncc1F. The van der Waals surface area contributed by atoms with Gasteiger partial charge in [-0.3, -0.25) is 9.61 Å². The average Bonchev–Trinajstić information content (AvgIpc) is 2.49. The zero-order valence-electron chi connectivity index (χ0n) is 11.8. The molecule has 1 atom stereocenters. The van der Waals surface area contributed by atoms with Crippen LogP contribution in [-0.4, -0.2) is 21.5 Å². The summed E-state index contributed by atoms with van der Waals surface area (Å²) in [6.07, 6.45) is 0.849. The molecule has 0 spiro atoms. The molecule has 1 aromatic carbocycles. The molecule has 22 heavy (non-hydrogen) atoms. The maximum atomic E-state index is 13.6. The second-order valence-electron chi connectivity index (χ2n) is 4.17. The number of aromatic nitrogens is 2. The van der Waals surface area contributed by atoms with E-state index in [1.165, 1.54) is 6.92 Å². The summed E-state index contributed by atoms with van der Waals surface area (Å²) < 4.78 is 35.1. The van der Waals surface area contributed by atoms with E-state index in [1.54, 1.807) is 0 Å². The van der Waals surface area contributed by atoms with Gasteiger partial charge in [0.1, 0.15) is 6.61 Å². The van der Waals surface area contributed by atoms with Gasteiger partial charge >= 0.3 is 13.8 Å². The van der Waals surface area contributed by atoms with Gasteiger partial charge in [-0.15, -0.1) is 0 Å². The smallest absolute Gasteiger partial charge is 0.431 e. The zero-order chi connectivity index (χ0) is 16.0. The zero-order valence-corrected chi connectivity index (χ0v) is 12.7. The number of nitrogens with zero attached hydrogens (tertiary/aromatic N) is 2. The summed E-state index contributed by atoms with van der Waals surface area (Å²) in [7, 11) is -4.17. The van der Waals surface area contributed by atoms with Crippen LogP contribution in [0.2, 0.25) is 0 Å². The normalized spacial score (nSPS) is 13.4. The van der Waals surface area contributed by atoms with Crippen molar-refractivity contribution in [2.75, 3.05) is 11.7 Å². The molecule has 0 fully saturated rings. The van der Waals surface area contributed by atoms with E-state index in [0.717, 1.165) is 11.8 Å². The van der Waals surface area contributed by atoms with E-state index in [2.05, 4.69) is 14.5 Å². The van der Waals surface area contributed by atoms with Crippen LogP contribution in [0.3, 0.4) is 0 Å². The molecule has 0 aliphatic heterocycles. The standard InChI is InChI=1S/C13H15FN3O4P/c1-2-21-22(18,19)17-12-11(14)8-15-13(16-12)20-9-10-6-4-3-5-7-10/h3-8H,2,9H2,1H3,(H2,15,16,17,18,19). The van der Waals surface area contributed by atoms with E-state index >= 15 is 0 Å². The lowest BCUT2D eigenvalue weighted by atomic mass is 10.2. The summed E-state index contributed by atoms with van der Waals surface area (Å²) in [5.74, 6) is -1.35. The van der Waals surface area contributed by atoms with Crippen molar-refractivity contribution in [2.45, 2.75) is 13.5 Å². The molecule has 1 unspecified atom stereocenters. The third-order valence-electron chi connectivity index (χ3n) is 2.48. The molecule has 0 aliphatic carbocycles. The minimum absolute atomic E-state index is 0.00908. The lowest BCUT2D eigenvalue weighted by Gasteiger charge is -2.13. The molecular formula is C13H15FN3O4P. The van der Waals surface area contributed by atoms with Crippen LogP contribution in [0.15, 0.2) is 36.5 Å². The lowest BCUT2D eigenvalue weighted by Crippen LogP contribution is -2.07. The molecule has 2 rings (SSSR count). The molecule has 0 saturated heterocycles. The second kappa shape index (κ2) is 7.31. The first-order chi connectivity index (χ1) is 10.5. The molecule has 2 N–H and O–H groups in total. The van der Waals surface area contributed by atoms with Crippen molar-refractivity contribution in [3.63, 3.8) is 0 Å². The summed E-state index contributed by atoms with van der Waals surface area (Å²) in [5, 5.41) is 2.01. The van der Waals surface area contributed by atoms with Crippen molar-refractivity contribution in [2.24, 2.45) is 0 Å². The van der Waals surface area contributed by atoms with Gasteiger partial charge in [0, 0.05) is 0 Å². The number of anilines is 1. The Morgan fingerprint density at radius 3 is 2.77 bits per heavy atom. The van der Waals surface area contributed by atoms with Gasteiger partial charge < -0.3 is 9.63 Å². The largest absolute Gasteiger partial charge is 0.459 e. The van der Waals surface area contributed by atoms with Crippen LogP contribution in [0, 0.1) is 5.82 Å². The molecule has 2 aromatic rings. The third kappa shape index (κ3) is 4.77. The third-order valence-corrected chi connectivity index (χ3v) is 3.59. The molecule has 7 nitrogen and oxygen atoms in total. The Morgan fingerprint density at radius 1 is 1.36 bits per heavy atom. The van der Waals surface area contributed by atoms with Gasteiger partial charge in [0.25, 0.3) is 0 Å². The van der Waals surface area contributed by atoms with Crippen LogP contribution in [0.5, 0.6) is 6.01 Å². The number of hydrogen-bond acceptors (Lipinski definition) is 5. The van der Waals surface area contributed by atoms with Crippen LogP contribution < -0.4 is 9.82 Å². The lowest BCUT2D eigenvalue weighted by molar-refractivity contribution is 0.276. The highest BCUT2D eigenvalue weighted by molar-refractivity contribution is 7.54. The van der Waals surface area contributed by atoms with Gasteiger partial charge in [0.05, 0.1) is 12.8 Å². The summed E-state index contributed by atoms with van der Waals surface area (Å²) >= 11 is 0. The van der Waals surface area contributed by atoms with Crippen LogP contribution >= 0.6 is 7.75 Å². The van der Waals surface area contributed by atoms with E-state index in [0.29, 0.717) is 0 Å². The second-order valence-corrected chi connectivity index (χ2v) is 5.70. The van der Waals surface area contributed by atoms with E-state index < -0.39 is 19.4 Å². The number of ether oxygens (including phenoxy) is 1. The maximum absolute atomic E-state index is 13.6. The molecule has 0 amide bonds. The number of rotatable bonds is 7. The van der Waals surface area contributed by atoms with Crippen molar-refractivity contribution in [3.05, 3.63) is 47.9 Å². The van der Waals surface area contributed by atoms with Crippen LogP contribution in [-0.2, 0) is 15.7 Å². The molecule has 1 aromatic heterocycles. The van der Waals surface area contributed by atoms with E-state index in [4.69, 9.17) is 4.74 Å². The Hall–Kier alpha value is -2.02. The van der Waals surface area contributed by atoms with Crippen LogP contribution in [0.4, 0.5) is 10.2 Å². The summed E-state index contributed by atoms with van der Waals surface area (Å²) in [4.78, 5) is 16.8. The van der Waals surface area contributed by atoms with Crippen molar-refractivity contribution >= 4 is 13.6 Å². The maximum Gasteiger partial charge on any atom is 0.431 e. The summed E-state index contributed by atoms with van der Waals surface area (Å²) in [5.41, 5.74) is 0.882. The van der Waals surface area contributed by atoms with Gasteiger partial charge in [-0.1, -0.05) is 30.3 Å². The minimum atomic E-state index is -4.17. The van der Waals surface area contributed by atoms with E-state index in [1.807, 2.05) is 35.4 Å².